The number of amides is 3. The molecule has 7 nitrogen and oxygen atoms in total. The van der Waals surface area contributed by atoms with Gasteiger partial charge in [0.25, 0.3) is 5.91 Å². The number of fused-ring (bicyclic) bond motifs is 1. The van der Waals surface area contributed by atoms with Gasteiger partial charge in [-0.1, -0.05) is 6.07 Å². The second-order valence-electron chi connectivity index (χ2n) is 6.68. The van der Waals surface area contributed by atoms with Gasteiger partial charge in [0, 0.05) is 41.9 Å². The third kappa shape index (κ3) is 3.17. The molecule has 1 fully saturated rings. The Kier molecular flexibility index (Phi) is 4.16. The fourth-order valence-corrected chi connectivity index (χ4v) is 3.47. The van der Waals surface area contributed by atoms with E-state index in [-0.39, 0.29) is 37.2 Å². The highest BCUT2D eigenvalue weighted by atomic mass is 19.1. The lowest BCUT2D eigenvalue weighted by atomic mass is 10.0. The Hall–Kier alpha value is -3.42. The van der Waals surface area contributed by atoms with Gasteiger partial charge in [-0.3, -0.25) is 19.7 Å². The molecule has 0 aromatic heterocycles. The third-order valence-corrected chi connectivity index (χ3v) is 4.90. The van der Waals surface area contributed by atoms with Crippen LogP contribution < -0.4 is 10.6 Å². The van der Waals surface area contributed by atoms with Gasteiger partial charge in [0.2, 0.25) is 11.8 Å². The van der Waals surface area contributed by atoms with E-state index in [0.29, 0.717) is 16.8 Å². The van der Waals surface area contributed by atoms with Crippen molar-refractivity contribution in [2.45, 2.75) is 31.9 Å². The number of aromatic hydroxyl groups is 1. The molecule has 144 valence electrons. The van der Waals surface area contributed by atoms with E-state index in [4.69, 9.17) is 1.37 Å². The molecule has 0 radical (unpaired) electrons. The zero-order chi connectivity index (χ0) is 20.8. The van der Waals surface area contributed by atoms with Crippen molar-refractivity contribution in [3.8, 4) is 5.75 Å². The van der Waals surface area contributed by atoms with Crippen LogP contribution in [-0.4, -0.2) is 33.7 Å². The normalized spacial score (nSPS) is 22.0. The molecule has 8 heteroatoms. The Morgan fingerprint density at radius 1 is 1.29 bits per heavy atom. The second-order valence-corrected chi connectivity index (χ2v) is 6.68. The molecule has 3 N–H and O–H groups in total. The van der Waals surface area contributed by atoms with Gasteiger partial charge >= 0.3 is 0 Å². The molecule has 0 bridgehead atoms. The van der Waals surface area contributed by atoms with Gasteiger partial charge in [-0.25, -0.2) is 4.39 Å². The summed E-state index contributed by atoms with van der Waals surface area (Å²) in [6, 6.07) is 6.85. The minimum absolute atomic E-state index is 0.0166. The molecule has 0 unspecified atom stereocenters. The average molecular weight is 384 g/mol. The van der Waals surface area contributed by atoms with Crippen molar-refractivity contribution in [3.63, 3.8) is 0 Å². The van der Waals surface area contributed by atoms with Crippen LogP contribution in [0.2, 0.25) is 0 Å². The number of nitrogens with zero attached hydrogens (tertiary/aromatic N) is 1. The minimum Gasteiger partial charge on any atom is -0.508 e. The van der Waals surface area contributed by atoms with E-state index in [1.54, 1.807) is 18.2 Å². The quantitative estimate of drug-likeness (QED) is 0.700. The van der Waals surface area contributed by atoms with E-state index in [9.17, 15) is 23.9 Å². The van der Waals surface area contributed by atoms with E-state index >= 15 is 0 Å². The molecule has 4 rings (SSSR count). The number of hydrogen-bond acceptors (Lipinski definition) is 5. The molecular weight excluding hydrogens is 365 g/mol. The Morgan fingerprint density at radius 2 is 2.11 bits per heavy atom. The van der Waals surface area contributed by atoms with Crippen molar-refractivity contribution in [3.05, 3.63) is 58.9 Å². The number of anilines is 1. The number of nitrogens with one attached hydrogen (secondary N) is 2. The monoisotopic (exact) mass is 384 g/mol. The lowest BCUT2D eigenvalue weighted by Gasteiger charge is -2.29. The molecule has 0 saturated carbocycles. The largest absolute Gasteiger partial charge is 0.508 e. The first-order chi connectivity index (χ1) is 13.8. The molecule has 2 aliphatic heterocycles. The Balaban J connectivity index is 1.59. The lowest BCUT2D eigenvalue weighted by molar-refractivity contribution is -0.136. The topological polar surface area (TPSA) is 98.7 Å². The van der Waals surface area contributed by atoms with Crippen LogP contribution in [0.3, 0.4) is 0 Å². The van der Waals surface area contributed by atoms with Crippen molar-refractivity contribution in [1.29, 1.82) is 0 Å². The maximum Gasteiger partial charge on any atom is 0.255 e. The summed E-state index contributed by atoms with van der Waals surface area (Å²) in [5.74, 6) is -2.28. The SMILES string of the molecule is [2H][C@]1(N2Cc3c(NCc4cc(O)ccc4F)cccc3C2=O)CCC(=O)NC1=O. The summed E-state index contributed by atoms with van der Waals surface area (Å²) in [6.45, 7) is 0.0941. The first-order valence-corrected chi connectivity index (χ1v) is 8.79. The van der Waals surface area contributed by atoms with Crippen molar-refractivity contribution < 1.29 is 25.3 Å². The van der Waals surface area contributed by atoms with Crippen LogP contribution in [0.15, 0.2) is 36.4 Å². The van der Waals surface area contributed by atoms with Crippen molar-refractivity contribution in [1.82, 2.24) is 10.2 Å². The summed E-state index contributed by atoms with van der Waals surface area (Å²) < 4.78 is 22.4. The first-order valence-electron chi connectivity index (χ1n) is 9.29. The molecule has 2 aromatic rings. The number of rotatable bonds is 4. The Bertz CT molecular complexity index is 1040. The molecule has 1 saturated heterocycles. The molecule has 2 heterocycles. The highest BCUT2D eigenvalue weighted by molar-refractivity contribution is 6.06. The van der Waals surface area contributed by atoms with Crippen LogP contribution in [0.1, 0.15) is 35.7 Å². The fraction of sp³-hybridized carbons (Fsp3) is 0.250. The smallest absolute Gasteiger partial charge is 0.255 e. The van der Waals surface area contributed by atoms with Gasteiger partial charge in [0.05, 0.1) is 1.37 Å². The number of imide groups is 1. The molecule has 2 aromatic carbocycles. The predicted octanol–water partition coefficient (Wildman–Crippen LogP) is 1.90. The molecular formula is C20H18FN3O4. The highest BCUT2D eigenvalue weighted by Gasteiger charge is 2.39. The van der Waals surface area contributed by atoms with Crippen LogP contribution in [0.25, 0.3) is 0 Å². The van der Waals surface area contributed by atoms with Gasteiger partial charge in [-0.15, -0.1) is 0 Å². The van der Waals surface area contributed by atoms with Gasteiger partial charge in [-0.05, 0) is 36.8 Å². The Labute approximate surface area is 161 Å². The van der Waals surface area contributed by atoms with Crippen LogP contribution in [0.4, 0.5) is 10.1 Å². The second kappa shape index (κ2) is 6.95. The van der Waals surface area contributed by atoms with Crippen LogP contribution in [-0.2, 0) is 22.7 Å². The molecule has 28 heavy (non-hydrogen) atoms. The number of hydrogen-bond donors (Lipinski definition) is 3. The van der Waals surface area contributed by atoms with E-state index in [1.807, 2.05) is 0 Å². The number of halogens is 1. The third-order valence-electron chi connectivity index (χ3n) is 4.90. The molecule has 0 aliphatic carbocycles. The van der Waals surface area contributed by atoms with E-state index in [0.717, 1.165) is 4.90 Å². The Morgan fingerprint density at radius 3 is 2.89 bits per heavy atom. The summed E-state index contributed by atoms with van der Waals surface area (Å²) in [6.07, 6.45) is -0.0914. The van der Waals surface area contributed by atoms with Crippen LogP contribution >= 0.6 is 0 Å². The van der Waals surface area contributed by atoms with Crippen LogP contribution in [0.5, 0.6) is 5.75 Å². The van der Waals surface area contributed by atoms with Crippen molar-refractivity contribution >= 4 is 23.4 Å². The predicted molar refractivity (Wildman–Crippen MR) is 97.9 cm³/mol. The number of piperidine rings is 1. The minimum atomic E-state index is -1.86. The average Bonchev–Trinajstić information content (AvgIpc) is 3.04. The fourth-order valence-electron chi connectivity index (χ4n) is 3.47. The van der Waals surface area contributed by atoms with Gasteiger partial charge in [0.15, 0.2) is 0 Å². The van der Waals surface area contributed by atoms with Gasteiger partial charge in [-0.2, -0.15) is 0 Å². The van der Waals surface area contributed by atoms with Gasteiger partial charge in [0.1, 0.15) is 17.6 Å². The highest BCUT2D eigenvalue weighted by Crippen LogP contribution is 2.32. The zero-order valence-electron chi connectivity index (χ0n) is 15.8. The lowest BCUT2D eigenvalue weighted by Crippen LogP contribution is -2.52. The number of phenols is 1. The van der Waals surface area contributed by atoms with E-state index in [1.165, 1.54) is 18.2 Å². The molecule has 1 atom stereocenters. The first kappa shape index (κ1) is 16.7. The van der Waals surface area contributed by atoms with Gasteiger partial charge < -0.3 is 15.3 Å². The van der Waals surface area contributed by atoms with E-state index in [2.05, 4.69) is 10.6 Å². The van der Waals surface area contributed by atoms with E-state index < -0.39 is 29.6 Å². The summed E-state index contributed by atoms with van der Waals surface area (Å²) in [7, 11) is 0. The summed E-state index contributed by atoms with van der Waals surface area (Å²) in [5.41, 5.74) is 1.76. The van der Waals surface area contributed by atoms with Crippen molar-refractivity contribution in [2.24, 2.45) is 0 Å². The van der Waals surface area contributed by atoms with Crippen molar-refractivity contribution in [2.75, 3.05) is 5.32 Å². The zero-order valence-corrected chi connectivity index (χ0v) is 14.8. The summed E-state index contributed by atoms with van der Waals surface area (Å²) in [4.78, 5) is 37.7. The summed E-state index contributed by atoms with van der Waals surface area (Å²) >= 11 is 0. The maximum absolute atomic E-state index is 13.9. The number of carbonyl (C=O) groups excluding carboxylic acids is 3. The molecule has 0 spiro atoms. The van der Waals surface area contributed by atoms with Crippen LogP contribution in [0, 0.1) is 5.82 Å². The summed E-state index contributed by atoms with van der Waals surface area (Å²) in [5, 5.41) is 14.7. The number of carbonyl (C=O) groups is 3. The molecule has 2 aliphatic rings. The number of benzene rings is 2. The standard InChI is InChI=1S/C20H18FN3O4/c21-15-5-4-12(25)8-11(15)9-22-16-3-1-2-13-14(16)10-24(20(13)28)17-6-7-18(26)23-19(17)27/h1-5,8,17,22,25H,6-7,9-10H2,(H,23,26,27)/t17-/m0/s1/i17D. The molecule has 3 amide bonds. The maximum atomic E-state index is 13.9. The number of phenolic OH excluding ortho intramolecular Hbond substituents is 1.